The number of hydrogen-bond donors (Lipinski definition) is 6. The molecule has 10 heteroatoms. The second kappa shape index (κ2) is 15.4. The molecule has 0 heterocycles. The molecule has 2 aromatic rings. The van der Waals surface area contributed by atoms with Crippen LogP contribution < -0.4 is 27.4 Å². The lowest BCUT2D eigenvalue weighted by molar-refractivity contribution is -0.141. The van der Waals surface area contributed by atoms with Crippen molar-refractivity contribution in [2.45, 2.75) is 63.2 Å². The summed E-state index contributed by atoms with van der Waals surface area (Å²) in [4.78, 5) is 50.4. The highest BCUT2D eigenvalue weighted by Gasteiger charge is 2.29. The van der Waals surface area contributed by atoms with Gasteiger partial charge in [-0.05, 0) is 37.4 Å². The Kier molecular flexibility index (Phi) is 12.2. The first-order chi connectivity index (χ1) is 17.7. The maximum Gasteiger partial charge on any atom is 0.325 e. The highest BCUT2D eigenvalue weighted by Crippen LogP contribution is 2.08. The van der Waals surface area contributed by atoms with Crippen molar-refractivity contribution < 1.29 is 24.3 Å². The van der Waals surface area contributed by atoms with Crippen LogP contribution in [0, 0.1) is 0 Å². The molecule has 0 aliphatic heterocycles. The van der Waals surface area contributed by atoms with Crippen LogP contribution in [0.5, 0.6) is 0 Å². The third-order valence-corrected chi connectivity index (χ3v) is 5.87. The lowest BCUT2D eigenvalue weighted by Gasteiger charge is -2.25. The largest absolute Gasteiger partial charge is 0.480 e. The van der Waals surface area contributed by atoms with Crippen LogP contribution in [0.25, 0.3) is 0 Å². The van der Waals surface area contributed by atoms with E-state index >= 15 is 0 Å². The Hall–Kier alpha value is -3.76. The molecule has 0 aromatic heterocycles. The van der Waals surface area contributed by atoms with Crippen LogP contribution in [-0.4, -0.2) is 59.5 Å². The van der Waals surface area contributed by atoms with Crippen molar-refractivity contribution >= 4 is 23.7 Å². The Labute approximate surface area is 217 Å². The van der Waals surface area contributed by atoms with Crippen molar-refractivity contribution in [3.63, 3.8) is 0 Å². The van der Waals surface area contributed by atoms with Gasteiger partial charge >= 0.3 is 5.97 Å². The Balaban J connectivity index is 2.22. The average molecular weight is 512 g/mol. The molecule has 0 spiro atoms. The van der Waals surface area contributed by atoms with Gasteiger partial charge in [0.05, 0.1) is 6.04 Å². The van der Waals surface area contributed by atoms with Crippen LogP contribution in [0.15, 0.2) is 60.7 Å². The van der Waals surface area contributed by atoms with Crippen molar-refractivity contribution in [1.82, 2.24) is 16.0 Å². The molecule has 4 unspecified atom stereocenters. The molecule has 0 aliphatic carbocycles. The van der Waals surface area contributed by atoms with Crippen LogP contribution in [0.4, 0.5) is 0 Å². The predicted octanol–water partition coefficient (Wildman–Crippen LogP) is 0.487. The SMILES string of the molecule is CC(NC(=O)C(Cc1ccccc1)NC(=O)C(Cc1ccccc1)NC(=O)C(N)CCCCN)C(=O)O. The first-order valence-corrected chi connectivity index (χ1v) is 12.4. The van der Waals surface area contributed by atoms with Gasteiger partial charge < -0.3 is 32.5 Å². The van der Waals surface area contributed by atoms with Crippen LogP contribution in [0.1, 0.15) is 37.3 Å². The number of benzene rings is 2. The zero-order valence-corrected chi connectivity index (χ0v) is 21.1. The van der Waals surface area contributed by atoms with Gasteiger partial charge in [0.1, 0.15) is 18.1 Å². The van der Waals surface area contributed by atoms with E-state index in [4.69, 9.17) is 11.5 Å². The van der Waals surface area contributed by atoms with Gasteiger partial charge in [-0.15, -0.1) is 0 Å². The molecule has 37 heavy (non-hydrogen) atoms. The minimum absolute atomic E-state index is 0.134. The summed E-state index contributed by atoms with van der Waals surface area (Å²) in [5.74, 6) is -2.89. The molecule has 0 saturated heterocycles. The summed E-state index contributed by atoms with van der Waals surface area (Å²) >= 11 is 0. The van der Waals surface area contributed by atoms with Crippen LogP contribution in [0.3, 0.4) is 0 Å². The lowest BCUT2D eigenvalue weighted by atomic mass is 10.0. The minimum atomic E-state index is -1.20. The van der Waals surface area contributed by atoms with E-state index in [1.165, 1.54) is 6.92 Å². The first kappa shape index (κ1) is 29.5. The molecule has 4 atom stereocenters. The first-order valence-electron chi connectivity index (χ1n) is 12.4. The number of amides is 3. The maximum absolute atomic E-state index is 13.4. The number of carboxylic acids is 1. The average Bonchev–Trinajstić information content (AvgIpc) is 2.88. The number of rotatable bonds is 15. The van der Waals surface area contributed by atoms with Crippen molar-refractivity contribution in [2.75, 3.05) is 6.54 Å². The fourth-order valence-corrected chi connectivity index (χ4v) is 3.68. The standard InChI is InChI=1S/C27H37N5O5/c1-18(27(36)37)30-25(34)22(16-19-10-4-2-5-11-19)32-26(35)23(17-20-12-6-3-7-13-20)31-24(33)21(29)14-8-9-15-28/h2-7,10-13,18,21-23H,8-9,14-17,28-29H2,1H3,(H,30,34)(H,31,33)(H,32,35)(H,36,37). The molecule has 200 valence electrons. The van der Waals surface area contributed by atoms with Crippen LogP contribution in [0.2, 0.25) is 0 Å². The van der Waals surface area contributed by atoms with E-state index in [2.05, 4.69) is 16.0 Å². The molecule has 2 aromatic carbocycles. The predicted molar refractivity (Wildman–Crippen MR) is 140 cm³/mol. The van der Waals surface area contributed by atoms with Gasteiger partial charge in [0.25, 0.3) is 0 Å². The third kappa shape index (κ3) is 10.4. The van der Waals surface area contributed by atoms with Gasteiger partial charge in [-0.3, -0.25) is 19.2 Å². The summed E-state index contributed by atoms with van der Waals surface area (Å²) in [7, 11) is 0. The van der Waals surface area contributed by atoms with Crippen LogP contribution >= 0.6 is 0 Å². The maximum atomic E-state index is 13.4. The molecule has 2 rings (SSSR count). The monoisotopic (exact) mass is 511 g/mol. The van der Waals surface area contributed by atoms with E-state index in [9.17, 15) is 24.3 Å². The summed E-state index contributed by atoms with van der Waals surface area (Å²) in [5, 5.41) is 17.0. The quantitative estimate of drug-likeness (QED) is 0.188. The zero-order valence-electron chi connectivity index (χ0n) is 21.1. The molecular formula is C27H37N5O5. The summed E-state index contributed by atoms with van der Waals surface area (Å²) < 4.78 is 0. The number of hydrogen-bond acceptors (Lipinski definition) is 6. The van der Waals surface area contributed by atoms with E-state index < -0.39 is 47.9 Å². The molecule has 0 aliphatic rings. The molecular weight excluding hydrogens is 474 g/mol. The van der Waals surface area contributed by atoms with Crippen molar-refractivity contribution in [3.8, 4) is 0 Å². The smallest absolute Gasteiger partial charge is 0.325 e. The molecule has 8 N–H and O–H groups in total. The van der Waals surface area contributed by atoms with E-state index in [1.807, 2.05) is 36.4 Å². The number of carbonyl (C=O) groups is 4. The molecule has 0 fully saturated rings. The van der Waals surface area contributed by atoms with Gasteiger partial charge in [-0.1, -0.05) is 67.1 Å². The topological polar surface area (TPSA) is 177 Å². The number of aliphatic carboxylic acids is 1. The summed E-state index contributed by atoms with van der Waals surface area (Å²) in [5.41, 5.74) is 13.1. The van der Waals surface area contributed by atoms with Gasteiger partial charge in [0.2, 0.25) is 17.7 Å². The Morgan fingerprint density at radius 1 is 0.757 bits per heavy atom. The summed E-state index contributed by atoms with van der Waals surface area (Å²) in [6.45, 7) is 1.84. The number of nitrogens with two attached hydrogens (primary N) is 2. The van der Waals surface area contributed by atoms with E-state index in [-0.39, 0.29) is 12.8 Å². The van der Waals surface area contributed by atoms with Crippen molar-refractivity contribution in [2.24, 2.45) is 11.5 Å². The van der Waals surface area contributed by atoms with Crippen molar-refractivity contribution in [3.05, 3.63) is 71.8 Å². The summed E-state index contributed by atoms with van der Waals surface area (Å²) in [6.07, 6.45) is 2.16. The van der Waals surface area contributed by atoms with E-state index in [1.54, 1.807) is 24.3 Å². The fourth-order valence-electron chi connectivity index (χ4n) is 3.68. The van der Waals surface area contributed by atoms with Crippen molar-refractivity contribution in [1.29, 1.82) is 0 Å². The number of nitrogens with one attached hydrogen (secondary N) is 3. The Morgan fingerprint density at radius 2 is 1.22 bits per heavy atom. The molecule has 0 radical (unpaired) electrons. The summed E-state index contributed by atoms with van der Waals surface area (Å²) in [6, 6.07) is 14.2. The third-order valence-electron chi connectivity index (χ3n) is 5.87. The lowest BCUT2D eigenvalue weighted by Crippen LogP contribution is -2.57. The molecule has 0 saturated carbocycles. The highest BCUT2D eigenvalue weighted by molar-refractivity contribution is 5.94. The van der Waals surface area contributed by atoms with E-state index in [0.717, 1.165) is 17.5 Å². The fraction of sp³-hybridized carbons (Fsp3) is 0.407. The van der Waals surface area contributed by atoms with Crippen LogP contribution in [-0.2, 0) is 32.0 Å². The minimum Gasteiger partial charge on any atom is -0.480 e. The highest BCUT2D eigenvalue weighted by atomic mass is 16.4. The normalized spacial score (nSPS) is 14.0. The van der Waals surface area contributed by atoms with Gasteiger partial charge in [0.15, 0.2) is 0 Å². The Bertz CT molecular complexity index is 1020. The zero-order chi connectivity index (χ0) is 27.2. The molecule has 10 nitrogen and oxygen atoms in total. The van der Waals surface area contributed by atoms with E-state index in [0.29, 0.717) is 19.4 Å². The van der Waals surface area contributed by atoms with Gasteiger partial charge in [0, 0.05) is 12.8 Å². The molecule has 0 bridgehead atoms. The Morgan fingerprint density at radius 3 is 1.68 bits per heavy atom. The second-order valence-corrected chi connectivity index (χ2v) is 8.96. The molecule has 3 amide bonds. The second-order valence-electron chi connectivity index (χ2n) is 8.96. The number of carboxylic acid groups (broad SMARTS) is 1. The number of unbranched alkanes of at least 4 members (excludes halogenated alkanes) is 1. The van der Waals surface area contributed by atoms with Gasteiger partial charge in [-0.2, -0.15) is 0 Å². The van der Waals surface area contributed by atoms with Gasteiger partial charge in [-0.25, -0.2) is 0 Å². The number of carbonyl (C=O) groups excluding carboxylic acids is 3.